The molecule has 1 N–H and O–H groups in total. The molecule has 0 bridgehead atoms. The number of nitro groups is 1. The number of carbonyl (C=O) groups excluding carboxylic acids is 1. The van der Waals surface area contributed by atoms with Gasteiger partial charge in [-0.3, -0.25) is 19.8 Å². The molecule has 0 radical (unpaired) electrons. The molecular formula is C19H15N3O5S. The highest BCUT2D eigenvalue weighted by atomic mass is 32.2. The highest BCUT2D eigenvalue weighted by Crippen LogP contribution is 2.37. The van der Waals surface area contributed by atoms with Gasteiger partial charge < -0.3 is 5.11 Å². The summed E-state index contributed by atoms with van der Waals surface area (Å²) in [6.45, 7) is 1.77. The number of carbonyl (C=O) groups is 2. The molecule has 0 spiro atoms. The van der Waals surface area contributed by atoms with Crippen molar-refractivity contribution in [2.45, 2.75) is 6.92 Å². The number of thioether (sulfide) groups is 1. The fourth-order valence-electron chi connectivity index (χ4n) is 2.56. The molecule has 0 atom stereocenters. The summed E-state index contributed by atoms with van der Waals surface area (Å²) in [4.78, 5) is 40.3. The topological polar surface area (TPSA) is 113 Å². The van der Waals surface area contributed by atoms with Gasteiger partial charge in [-0.2, -0.15) is 0 Å². The second kappa shape index (κ2) is 7.65. The third-order valence-electron chi connectivity index (χ3n) is 4.15. The fourth-order valence-corrected chi connectivity index (χ4v) is 3.61. The Morgan fingerprint density at radius 3 is 2.46 bits per heavy atom. The molecule has 0 aromatic heterocycles. The van der Waals surface area contributed by atoms with Crippen molar-refractivity contribution in [2.24, 2.45) is 4.99 Å². The number of amidine groups is 1. The van der Waals surface area contributed by atoms with Crippen LogP contribution in [0, 0.1) is 10.1 Å². The van der Waals surface area contributed by atoms with Crippen LogP contribution >= 0.6 is 11.8 Å². The number of carboxylic acids is 1. The Morgan fingerprint density at radius 2 is 1.86 bits per heavy atom. The van der Waals surface area contributed by atoms with E-state index in [1.807, 2.05) is 0 Å². The van der Waals surface area contributed by atoms with Gasteiger partial charge in [0, 0.05) is 19.2 Å². The molecule has 9 heteroatoms. The normalized spacial score (nSPS) is 17.1. The lowest BCUT2D eigenvalue weighted by molar-refractivity contribution is -0.384. The first-order chi connectivity index (χ1) is 13.3. The lowest BCUT2D eigenvalue weighted by Crippen LogP contribution is -2.23. The highest BCUT2D eigenvalue weighted by molar-refractivity contribution is 8.18. The third-order valence-corrected chi connectivity index (χ3v) is 5.38. The van der Waals surface area contributed by atoms with Crippen LogP contribution in [0.15, 0.2) is 58.4 Å². The quantitative estimate of drug-likeness (QED) is 0.475. The molecule has 0 saturated carbocycles. The van der Waals surface area contributed by atoms with Crippen LogP contribution in [0.4, 0.5) is 11.4 Å². The average Bonchev–Trinajstić information content (AvgIpc) is 2.96. The lowest BCUT2D eigenvalue weighted by Gasteiger charge is -2.07. The molecule has 1 heterocycles. The van der Waals surface area contributed by atoms with Crippen molar-refractivity contribution in [3.8, 4) is 0 Å². The minimum Gasteiger partial charge on any atom is -0.478 e. The molecule has 8 nitrogen and oxygen atoms in total. The van der Waals surface area contributed by atoms with E-state index in [0.29, 0.717) is 26.9 Å². The largest absolute Gasteiger partial charge is 0.478 e. The summed E-state index contributed by atoms with van der Waals surface area (Å²) in [5, 5.41) is 20.3. The van der Waals surface area contributed by atoms with E-state index in [4.69, 9.17) is 5.11 Å². The van der Waals surface area contributed by atoms with Gasteiger partial charge in [-0.05, 0) is 60.2 Å². The SMILES string of the molecule is C/C(=C1/SC(=Nc2cccc(C(=O)O)c2)N(C)C1=O)c1ccc([N+](=O)[O-])cc1. The summed E-state index contributed by atoms with van der Waals surface area (Å²) in [6, 6.07) is 12.1. The zero-order valence-corrected chi connectivity index (χ0v) is 15.8. The first kappa shape index (κ1) is 19.3. The van der Waals surface area contributed by atoms with Gasteiger partial charge in [-0.25, -0.2) is 9.79 Å². The molecule has 1 fully saturated rings. The van der Waals surface area contributed by atoms with Gasteiger partial charge in [-0.15, -0.1) is 0 Å². The van der Waals surface area contributed by atoms with Crippen molar-refractivity contribution >= 4 is 45.8 Å². The molecule has 1 amide bonds. The van der Waals surface area contributed by atoms with Crippen molar-refractivity contribution in [1.29, 1.82) is 0 Å². The van der Waals surface area contributed by atoms with Crippen molar-refractivity contribution in [2.75, 3.05) is 7.05 Å². The van der Waals surface area contributed by atoms with Gasteiger partial charge in [0.2, 0.25) is 0 Å². The Bertz CT molecular complexity index is 1040. The number of carboxylic acid groups (broad SMARTS) is 1. The highest BCUT2D eigenvalue weighted by Gasteiger charge is 2.32. The summed E-state index contributed by atoms with van der Waals surface area (Å²) in [5.74, 6) is -1.30. The number of nitrogens with zero attached hydrogens (tertiary/aromatic N) is 3. The number of aliphatic imine (C=N–C) groups is 1. The smallest absolute Gasteiger partial charge is 0.335 e. The second-order valence-electron chi connectivity index (χ2n) is 5.97. The van der Waals surface area contributed by atoms with Crippen LogP contribution in [-0.2, 0) is 4.79 Å². The van der Waals surface area contributed by atoms with Crippen molar-refractivity contribution in [3.63, 3.8) is 0 Å². The predicted molar refractivity (Wildman–Crippen MR) is 107 cm³/mol. The number of rotatable bonds is 4. The summed E-state index contributed by atoms with van der Waals surface area (Å²) in [6.07, 6.45) is 0. The van der Waals surface area contributed by atoms with Crippen LogP contribution in [0.5, 0.6) is 0 Å². The van der Waals surface area contributed by atoms with E-state index < -0.39 is 10.9 Å². The summed E-state index contributed by atoms with van der Waals surface area (Å²) < 4.78 is 0. The minimum absolute atomic E-state index is 0.0235. The molecule has 28 heavy (non-hydrogen) atoms. The molecule has 3 rings (SSSR count). The van der Waals surface area contributed by atoms with Crippen LogP contribution < -0.4 is 0 Å². The standard InChI is InChI=1S/C19H15N3O5S/c1-11(12-6-8-15(9-7-12)22(26)27)16-17(23)21(2)19(28-16)20-14-5-3-4-13(10-14)18(24)25/h3-10H,1-2H3,(H,24,25)/b16-11-,20-19?. The maximum absolute atomic E-state index is 12.6. The molecule has 142 valence electrons. The summed E-state index contributed by atoms with van der Waals surface area (Å²) >= 11 is 1.17. The number of allylic oxidation sites excluding steroid dienone is 1. The molecule has 2 aromatic rings. The number of hydrogen-bond donors (Lipinski definition) is 1. The average molecular weight is 397 g/mol. The summed E-state index contributed by atoms with van der Waals surface area (Å²) in [7, 11) is 1.59. The zero-order chi connectivity index (χ0) is 20.4. The van der Waals surface area contributed by atoms with Crippen molar-refractivity contribution in [3.05, 3.63) is 74.7 Å². The molecule has 0 aliphatic carbocycles. The van der Waals surface area contributed by atoms with E-state index in [1.165, 1.54) is 40.9 Å². The number of likely N-dealkylation sites (N-methyl/N-ethyl adjacent to an activating group) is 1. The Labute approximate surface area is 164 Å². The van der Waals surface area contributed by atoms with E-state index in [2.05, 4.69) is 4.99 Å². The Balaban J connectivity index is 1.94. The predicted octanol–water partition coefficient (Wildman–Crippen LogP) is 3.92. The monoisotopic (exact) mass is 397 g/mol. The zero-order valence-electron chi connectivity index (χ0n) is 14.9. The Hall–Kier alpha value is -3.46. The summed E-state index contributed by atoms with van der Waals surface area (Å²) in [5.41, 5.74) is 1.89. The van der Waals surface area contributed by atoms with E-state index >= 15 is 0 Å². The van der Waals surface area contributed by atoms with Gasteiger partial charge in [0.1, 0.15) is 0 Å². The van der Waals surface area contributed by atoms with Crippen LogP contribution in [0.2, 0.25) is 0 Å². The van der Waals surface area contributed by atoms with Crippen LogP contribution in [0.25, 0.3) is 5.57 Å². The van der Waals surface area contributed by atoms with Gasteiger partial charge in [-0.1, -0.05) is 6.07 Å². The first-order valence-corrected chi connectivity index (χ1v) is 8.93. The maximum Gasteiger partial charge on any atom is 0.335 e. The molecule has 1 aliphatic rings. The van der Waals surface area contributed by atoms with Gasteiger partial charge in [0.05, 0.1) is 21.1 Å². The second-order valence-corrected chi connectivity index (χ2v) is 6.95. The first-order valence-electron chi connectivity index (χ1n) is 8.11. The maximum atomic E-state index is 12.6. The fraction of sp³-hybridized carbons (Fsp3) is 0.105. The van der Waals surface area contributed by atoms with Crippen molar-refractivity contribution in [1.82, 2.24) is 4.90 Å². The number of amides is 1. The van der Waals surface area contributed by atoms with E-state index in [0.717, 1.165) is 0 Å². The molecular weight excluding hydrogens is 382 g/mol. The van der Waals surface area contributed by atoms with Crippen LogP contribution in [0.1, 0.15) is 22.8 Å². The van der Waals surface area contributed by atoms with Gasteiger partial charge in [0.25, 0.3) is 11.6 Å². The number of hydrogen-bond acceptors (Lipinski definition) is 6. The molecule has 2 aromatic carbocycles. The van der Waals surface area contributed by atoms with E-state index in [1.54, 1.807) is 38.2 Å². The molecule has 0 unspecified atom stereocenters. The number of nitro benzene ring substituents is 1. The lowest BCUT2D eigenvalue weighted by atomic mass is 10.1. The number of aromatic carboxylic acids is 1. The van der Waals surface area contributed by atoms with Gasteiger partial charge in [0.15, 0.2) is 5.17 Å². The van der Waals surface area contributed by atoms with Crippen LogP contribution in [-0.4, -0.2) is 39.0 Å². The molecule has 1 aliphatic heterocycles. The third kappa shape index (κ3) is 3.79. The Kier molecular flexibility index (Phi) is 5.27. The number of non-ortho nitro benzene ring substituents is 1. The van der Waals surface area contributed by atoms with Crippen LogP contribution in [0.3, 0.4) is 0 Å². The minimum atomic E-state index is -1.06. The van der Waals surface area contributed by atoms with E-state index in [-0.39, 0.29) is 17.2 Å². The molecule has 1 saturated heterocycles. The van der Waals surface area contributed by atoms with E-state index in [9.17, 15) is 19.7 Å². The Morgan fingerprint density at radius 1 is 1.18 bits per heavy atom. The van der Waals surface area contributed by atoms with Crippen molar-refractivity contribution < 1.29 is 19.6 Å². The van der Waals surface area contributed by atoms with Gasteiger partial charge >= 0.3 is 5.97 Å². The number of benzene rings is 2.